The van der Waals surface area contributed by atoms with E-state index in [-0.39, 0.29) is 23.9 Å². The van der Waals surface area contributed by atoms with Crippen molar-refractivity contribution in [2.24, 2.45) is 0 Å². The first-order valence-corrected chi connectivity index (χ1v) is 12.2. The average molecular weight is 500 g/mol. The van der Waals surface area contributed by atoms with E-state index < -0.39 is 10.0 Å². The van der Waals surface area contributed by atoms with Crippen LogP contribution in [0.1, 0.15) is 6.92 Å². The molecule has 0 unspecified atom stereocenters. The minimum Gasteiger partial charge on any atom is -0.497 e. The Morgan fingerprint density at radius 2 is 1.69 bits per heavy atom. The first-order valence-electron chi connectivity index (χ1n) is 10.8. The lowest BCUT2D eigenvalue weighted by atomic mass is 10.2. The van der Waals surface area contributed by atoms with Crippen molar-refractivity contribution in [1.29, 1.82) is 0 Å². The van der Waals surface area contributed by atoms with Crippen LogP contribution in [0.3, 0.4) is 0 Å². The first-order chi connectivity index (χ1) is 16.9. The average Bonchev–Trinajstić information content (AvgIpc) is 3.30. The summed E-state index contributed by atoms with van der Waals surface area (Å²) >= 11 is 0. The molecule has 12 heteroatoms. The van der Waals surface area contributed by atoms with Crippen LogP contribution in [-0.2, 0) is 10.0 Å². The van der Waals surface area contributed by atoms with Crippen LogP contribution in [0.2, 0.25) is 0 Å². The summed E-state index contributed by atoms with van der Waals surface area (Å²) < 4.78 is 50.8. The third kappa shape index (κ3) is 5.44. The van der Waals surface area contributed by atoms with Crippen molar-refractivity contribution in [3.63, 3.8) is 0 Å². The Kier molecular flexibility index (Phi) is 7.32. The molecule has 0 bridgehead atoms. The Bertz CT molecular complexity index is 1410. The van der Waals surface area contributed by atoms with E-state index >= 15 is 0 Å². The van der Waals surface area contributed by atoms with Gasteiger partial charge in [0.05, 0.1) is 31.3 Å². The molecule has 2 heterocycles. The number of methoxy groups -OCH3 is 2. The third-order valence-electron chi connectivity index (χ3n) is 4.98. The maximum absolute atomic E-state index is 12.5. The molecule has 0 aliphatic carbocycles. The van der Waals surface area contributed by atoms with Gasteiger partial charge in [-0.25, -0.2) is 13.1 Å². The molecule has 0 saturated heterocycles. The van der Waals surface area contributed by atoms with Crippen LogP contribution >= 0.6 is 0 Å². The molecular weight excluding hydrogens is 474 g/mol. The SMILES string of the molecule is CCOc1ccc(S(=O)(=O)NCCOc2ccc3nnc(-c4cc(OC)ccc4OC)n3n2)cc1. The van der Waals surface area contributed by atoms with Crippen LogP contribution in [0, 0.1) is 0 Å². The Labute approximate surface area is 202 Å². The highest BCUT2D eigenvalue weighted by Gasteiger charge is 2.17. The second-order valence-corrected chi connectivity index (χ2v) is 8.95. The number of ether oxygens (including phenoxy) is 4. The maximum atomic E-state index is 12.5. The predicted molar refractivity (Wildman–Crippen MR) is 128 cm³/mol. The van der Waals surface area contributed by atoms with Gasteiger partial charge < -0.3 is 18.9 Å². The molecule has 0 saturated carbocycles. The summed E-state index contributed by atoms with van der Waals surface area (Å²) in [4.78, 5) is 0.141. The van der Waals surface area contributed by atoms with Crippen LogP contribution < -0.4 is 23.7 Å². The van der Waals surface area contributed by atoms with E-state index in [9.17, 15) is 8.42 Å². The van der Waals surface area contributed by atoms with Crippen LogP contribution in [0.5, 0.6) is 23.1 Å². The molecule has 1 N–H and O–H groups in total. The van der Waals surface area contributed by atoms with Gasteiger partial charge in [-0.1, -0.05) is 0 Å². The number of sulfonamides is 1. The summed E-state index contributed by atoms with van der Waals surface area (Å²) in [5, 5.41) is 12.8. The summed E-state index contributed by atoms with van der Waals surface area (Å²) in [5.74, 6) is 2.54. The lowest BCUT2D eigenvalue weighted by Gasteiger charge is -2.10. The normalized spacial score (nSPS) is 11.4. The fourth-order valence-corrected chi connectivity index (χ4v) is 4.32. The molecule has 0 amide bonds. The highest BCUT2D eigenvalue weighted by atomic mass is 32.2. The van der Waals surface area contributed by atoms with Crippen molar-refractivity contribution >= 4 is 15.7 Å². The summed E-state index contributed by atoms with van der Waals surface area (Å²) in [6.45, 7) is 2.48. The monoisotopic (exact) mass is 499 g/mol. The van der Waals surface area contributed by atoms with Crippen molar-refractivity contribution in [1.82, 2.24) is 24.5 Å². The highest BCUT2D eigenvalue weighted by molar-refractivity contribution is 7.89. The molecule has 0 fully saturated rings. The molecule has 0 radical (unpaired) electrons. The number of nitrogens with zero attached hydrogens (tertiary/aromatic N) is 4. The fourth-order valence-electron chi connectivity index (χ4n) is 3.30. The number of aromatic nitrogens is 4. The first kappa shape index (κ1) is 24.2. The van der Waals surface area contributed by atoms with E-state index in [0.717, 1.165) is 0 Å². The summed E-state index contributed by atoms with van der Waals surface area (Å²) in [6.07, 6.45) is 0. The van der Waals surface area contributed by atoms with Crippen molar-refractivity contribution in [2.45, 2.75) is 11.8 Å². The van der Waals surface area contributed by atoms with Gasteiger partial charge in [-0.15, -0.1) is 15.3 Å². The second kappa shape index (κ2) is 10.6. The zero-order chi connectivity index (χ0) is 24.8. The van der Waals surface area contributed by atoms with Crippen LogP contribution in [0.25, 0.3) is 17.0 Å². The van der Waals surface area contributed by atoms with E-state index in [1.807, 2.05) is 6.92 Å². The van der Waals surface area contributed by atoms with Crippen molar-refractivity contribution in [3.8, 4) is 34.5 Å². The predicted octanol–water partition coefficient (Wildman–Crippen LogP) is 2.56. The molecule has 2 aromatic heterocycles. The number of hydrogen-bond acceptors (Lipinski definition) is 9. The molecule has 4 rings (SSSR count). The topological polar surface area (TPSA) is 126 Å². The Morgan fingerprint density at radius 3 is 2.40 bits per heavy atom. The quantitative estimate of drug-likeness (QED) is 0.310. The van der Waals surface area contributed by atoms with Gasteiger partial charge in [0.1, 0.15) is 23.9 Å². The summed E-state index contributed by atoms with van der Waals surface area (Å²) in [7, 11) is -0.554. The summed E-state index contributed by atoms with van der Waals surface area (Å²) in [5.41, 5.74) is 1.15. The van der Waals surface area contributed by atoms with Gasteiger partial charge in [0.15, 0.2) is 11.5 Å². The van der Waals surface area contributed by atoms with Crippen molar-refractivity contribution < 1.29 is 27.4 Å². The molecule has 0 aliphatic rings. The molecule has 2 aromatic carbocycles. The minimum atomic E-state index is -3.69. The zero-order valence-electron chi connectivity index (χ0n) is 19.5. The Morgan fingerprint density at radius 1 is 0.914 bits per heavy atom. The summed E-state index contributed by atoms with van der Waals surface area (Å²) in [6, 6.07) is 14.9. The van der Waals surface area contributed by atoms with Gasteiger partial charge in [-0.2, -0.15) is 4.52 Å². The van der Waals surface area contributed by atoms with Gasteiger partial charge in [0.25, 0.3) is 0 Å². The number of benzene rings is 2. The molecule has 0 aliphatic heterocycles. The largest absolute Gasteiger partial charge is 0.497 e. The number of hydrogen-bond donors (Lipinski definition) is 1. The number of rotatable bonds is 11. The smallest absolute Gasteiger partial charge is 0.240 e. The van der Waals surface area contributed by atoms with E-state index in [1.165, 1.54) is 16.6 Å². The van der Waals surface area contributed by atoms with Crippen LogP contribution in [0.4, 0.5) is 0 Å². The van der Waals surface area contributed by atoms with Gasteiger partial charge in [0.2, 0.25) is 15.9 Å². The molecule has 0 atom stereocenters. The second-order valence-electron chi connectivity index (χ2n) is 7.18. The van der Waals surface area contributed by atoms with Gasteiger partial charge >= 0.3 is 0 Å². The van der Waals surface area contributed by atoms with E-state index in [2.05, 4.69) is 20.0 Å². The van der Waals surface area contributed by atoms with Gasteiger partial charge in [-0.3, -0.25) is 0 Å². The maximum Gasteiger partial charge on any atom is 0.240 e. The van der Waals surface area contributed by atoms with Crippen LogP contribution in [-0.4, -0.2) is 62.2 Å². The molecule has 35 heavy (non-hydrogen) atoms. The zero-order valence-corrected chi connectivity index (χ0v) is 20.3. The van der Waals surface area contributed by atoms with Crippen LogP contribution in [0.15, 0.2) is 59.5 Å². The number of fused-ring (bicyclic) bond motifs is 1. The van der Waals surface area contributed by atoms with E-state index in [0.29, 0.717) is 40.9 Å². The molecule has 11 nitrogen and oxygen atoms in total. The highest BCUT2D eigenvalue weighted by Crippen LogP contribution is 2.32. The Balaban J connectivity index is 1.44. The Hall–Kier alpha value is -3.90. The molecule has 4 aromatic rings. The van der Waals surface area contributed by atoms with Crippen molar-refractivity contribution in [3.05, 3.63) is 54.6 Å². The fraction of sp³-hybridized carbons (Fsp3) is 0.261. The van der Waals surface area contributed by atoms with Gasteiger partial charge in [-0.05, 0) is 55.5 Å². The third-order valence-corrected chi connectivity index (χ3v) is 6.45. The molecule has 184 valence electrons. The lowest BCUT2D eigenvalue weighted by molar-refractivity contribution is 0.306. The molecular formula is C23H25N5O6S. The molecule has 0 spiro atoms. The van der Waals surface area contributed by atoms with E-state index in [1.54, 1.807) is 56.7 Å². The lowest BCUT2D eigenvalue weighted by Crippen LogP contribution is -2.28. The van der Waals surface area contributed by atoms with Crippen molar-refractivity contribution in [2.75, 3.05) is 34.0 Å². The van der Waals surface area contributed by atoms with E-state index in [4.69, 9.17) is 18.9 Å². The number of nitrogens with one attached hydrogen (secondary N) is 1. The minimum absolute atomic E-state index is 0.0496. The van der Waals surface area contributed by atoms with Gasteiger partial charge in [0, 0.05) is 12.6 Å². The standard InChI is InChI=1S/C23H25N5O6S/c1-4-33-16-5-8-18(9-6-16)35(29,30)24-13-14-34-22-12-11-21-25-26-23(28(21)27-22)19-15-17(31-2)7-10-20(19)32-3/h5-12,15,24H,4,13-14H2,1-3H3.